The van der Waals surface area contributed by atoms with Gasteiger partial charge in [-0.05, 0) is 61.9 Å². The minimum absolute atomic E-state index is 0.134. The van der Waals surface area contributed by atoms with Crippen LogP contribution in [0, 0.1) is 18.3 Å². The van der Waals surface area contributed by atoms with E-state index in [1.807, 2.05) is 24.3 Å². The van der Waals surface area contributed by atoms with Crippen LogP contribution in [0.4, 0.5) is 5.69 Å². The molecule has 1 aromatic carbocycles. The molecule has 1 heterocycles. The van der Waals surface area contributed by atoms with E-state index in [0.29, 0.717) is 21.8 Å². The number of esters is 1. The van der Waals surface area contributed by atoms with E-state index in [-0.39, 0.29) is 11.3 Å². The fraction of sp³-hybridized carbons (Fsp3) is 0.333. The number of aromatic nitrogens is 1. The van der Waals surface area contributed by atoms with Crippen molar-refractivity contribution in [1.82, 2.24) is 4.98 Å². The predicted molar refractivity (Wildman–Crippen MR) is 110 cm³/mol. The van der Waals surface area contributed by atoms with E-state index in [1.165, 1.54) is 24.1 Å². The second-order valence-electron chi connectivity index (χ2n) is 6.88. The Labute approximate surface area is 172 Å². The minimum atomic E-state index is -0.969. The maximum Gasteiger partial charge on any atom is 0.317 e. The molecule has 150 valence electrons. The van der Waals surface area contributed by atoms with Gasteiger partial charge in [-0.15, -0.1) is 0 Å². The number of nitrogens with one attached hydrogen (secondary N) is 2. The number of anilines is 1. The average Bonchev–Trinajstić information content (AvgIpc) is 3.13. The fourth-order valence-electron chi connectivity index (χ4n) is 3.21. The van der Waals surface area contributed by atoms with E-state index in [0.717, 1.165) is 31.0 Å². The van der Waals surface area contributed by atoms with Gasteiger partial charge in [-0.3, -0.25) is 14.4 Å². The van der Waals surface area contributed by atoms with Crippen molar-refractivity contribution in [2.45, 2.75) is 44.2 Å². The molecule has 0 aliphatic heterocycles. The first kappa shape index (κ1) is 20.7. The predicted octanol–water partition coefficient (Wildman–Crippen LogP) is 2.71. The van der Waals surface area contributed by atoms with Crippen LogP contribution in [0.3, 0.4) is 0 Å². The van der Waals surface area contributed by atoms with Gasteiger partial charge in [-0.1, -0.05) is 17.8 Å². The first-order chi connectivity index (χ1) is 13.9. The van der Waals surface area contributed by atoms with Crippen molar-refractivity contribution in [3.05, 3.63) is 56.9 Å². The van der Waals surface area contributed by atoms with Crippen molar-refractivity contribution in [2.24, 2.45) is 0 Å². The standard InChI is InChI=1S/C21H21N3O4S/c1-12-8-18(25)24-21(17(12)10-22)29-11-19(26)28-13(2)20(27)23-16-7-6-14-4-3-5-15(14)9-16/h6-9,13H,3-5,11H2,1-2H3,(H,23,27)(H,24,25)/t13-/m1/s1. The smallest absolute Gasteiger partial charge is 0.317 e. The van der Waals surface area contributed by atoms with Crippen molar-refractivity contribution in [3.63, 3.8) is 0 Å². The third-order valence-electron chi connectivity index (χ3n) is 4.70. The maximum absolute atomic E-state index is 12.3. The number of fused-ring (bicyclic) bond motifs is 1. The molecule has 7 nitrogen and oxygen atoms in total. The zero-order chi connectivity index (χ0) is 21.0. The second kappa shape index (κ2) is 8.97. The third-order valence-corrected chi connectivity index (χ3v) is 5.67. The lowest BCUT2D eigenvalue weighted by atomic mass is 10.1. The lowest BCUT2D eigenvalue weighted by Gasteiger charge is -2.14. The number of H-pyrrole nitrogens is 1. The summed E-state index contributed by atoms with van der Waals surface area (Å²) in [7, 11) is 0. The van der Waals surface area contributed by atoms with Gasteiger partial charge in [0.15, 0.2) is 6.10 Å². The number of pyridine rings is 1. The van der Waals surface area contributed by atoms with E-state index in [9.17, 15) is 19.6 Å². The van der Waals surface area contributed by atoms with Gasteiger partial charge in [-0.2, -0.15) is 5.26 Å². The second-order valence-corrected chi connectivity index (χ2v) is 7.87. The Balaban J connectivity index is 1.55. The number of nitriles is 1. The molecule has 1 amide bonds. The zero-order valence-electron chi connectivity index (χ0n) is 16.2. The Morgan fingerprint density at radius 3 is 2.83 bits per heavy atom. The highest BCUT2D eigenvalue weighted by Gasteiger charge is 2.20. The van der Waals surface area contributed by atoms with Gasteiger partial charge < -0.3 is 15.0 Å². The van der Waals surface area contributed by atoms with Crippen molar-refractivity contribution < 1.29 is 14.3 Å². The summed E-state index contributed by atoms with van der Waals surface area (Å²) in [5.74, 6) is -1.16. The molecule has 2 aromatic rings. The topological polar surface area (TPSA) is 112 Å². The van der Waals surface area contributed by atoms with Crippen molar-refractivity contribution in [3.8, 4) is 6.07 Å². The molecule has 1 aromatic heterocycles. The summed E-state index contributed by atoms with van der Waals surface area (Å²) in [4.78, 5) is 38.6. The lowest BCUT2D eigenvalue weighted by Crippen LogP contribution is -2.30. The molecule has 0 saturated carbocycles. The van der Waals surface area contributed by atoms with Crippen LogP contribution >= 0.6 is 11.8 Å². The van der Waals surface area contributed by atoms with Gasteiger partial charge in [0.05, 0.1) is 16.3 Å². The molecule has 8 heteroatoms. The molecule has 0 bridgehead atoms. The van der Waals surface area contributed by atoms with E-state index in [4.69, 9.17) is 4.74 Å². The molecule has 0 unspecified atom stereocenters. The molecular weight excluding hydrogens is 390 g/mol. The molecule has 0 radical (unpaired) electrons. The van der Waals surface area contributed by atoms with E-state index in [1.54, 1.807) is 6.92 Å². The van der Waals surface area contributed by atoms with Crippen LogP contribution in [0.25, 0.3) is 0 Å². The number of hydrogen-bond acceptors (Lipinski definition) is 6. The number of hydrogen-bond donors (Lipinski definition) is 2. The number of carbonyl (C=O) groups is 2. The maximum atomic E-state index is 12.3. The molecule has 0 saturated heterocycles. The summed E-state index contributed by atoms with van der Waals surface area (Å²) in [5.41, 5.74) is 3.73. The summed E-state index contributed by atoms with van der Waals surface area (Å²) in [6, 6.07) is 9.16. The van der Waals surface area contributed by atoms with Crippen LogP contribution in [-0.2, 0) is 27.2 Å². The Bertz CT molecular complexity index is 1050. The molecule has 2 N–H and O–H groups in total. The highest BCUT2D eigenvalue weighted by atomic mass is 32.2. The zero-order valence-corrected chi connectivity index (χ0v) is 17.0. The molecule has 1 atom stereocenters. The van der Waals surface area contributed by atoms with Crippen LogP contribution in [0.15, 0.2) is 34.1 Å². The van der Waals surface area contributed by atoms with Crippen LogP contribution in [0.2, 0.25) is 0 Å². The summed E-state index contributed by atoms with van der Waals surface area (Å²) >= 11 is 0.995. The largest absolute Gasteiger partial charge is 0.452 e. The molecule has 3 rings (SSSR count). The Kier molecular flexibility index (Phi) is 6.39. The van der Waals surface area contributed by atoms with Crippen molar-refractivity contribution in [2.75, 3.05) is 11.1 Å². The van der Waals surface area contributed by atoms with Crippen LogP contribution in [-0.4, -0.2) is 28.7 Å². The summed E-state index contributed by atoms with van der Waals surface area (Å²) in [6.07, 6.45) is 2.22. The van der Waals surface area contributed by atoms with Gasteiger partial charge in [0, 0.05) is 11.8 Å². The first-order valence-electron chi connectivity index (χ1n) is 9.26. The first-order valence-corrected chi connectivity index (χ1v) is 10.2. The van der Waals surface area contributed by atoms with Gasteiger partial charge in [0.2, 0.25) is 5.56 Å². The number of carbonyl (C=O) groups excluding carboxylic acids is 2. The quantitative estimate of drug-likeness (QED) is 0.558. The van der Waals surface area contributed by atoms with Gasteiger partial charge in [-0.25, -0.2) is 0 Å². The lowest BCUT2D eigenvalue weighted by molar-refractivity contribution is -0.150. The van der Waals surface area contributed by atoms with Crippen LogP contribution in [0.5, 0.6) is 0 Å². The van der Waals surface area contributed by atoms with Gasteiger partial charge >= 0.3 is 5.97 Å². The number of ether oxygens (including phenoxy) is 1. The summed E-state index contributed by atoms with van der Waals surface area (Å²) in [6.45, 7) is 3.15. The number of thioether (sulfide) groups is 1. The SMILES string of the molecule is Cc1cc(=O)[nH]c(SCC(=O)O[C@H](C)C(=O)Nc2ccc3c(c2)CCC3)c1C#N. The van der Waals surface area contributed by atoms with E-state index >= 15 is 0 Å². The van der Waals surface area contributed by atoms with Crippen molar-refractivity contribution >= 4 is 29.3 Å². The Morgan fingerprint density at radius 2 is 2.07 bits per heavy atom. The van der Waals surface area contributed by atoms with Crippen LogP contribution < -0.4 is 10.9 Å². The highest BCUT2D eigenvalue weighted by Crippen LogP contribution is 2.25. The Hall–Kier alpha value is -3.05. The number of nitrogens with zero attached hydrogens (tertiary/aromatic N) is 1. The normalized spacial score (nSPS) is 13.3. The molecule has 29 heavy (non-hydrogen) atoms. The Morgan fingerprint density at radius 1 is 1.31 bits per heavy atom. The molecule has 0 spiro atoms. The summed E-state index contributed by atoms with van der Waals surface area (Å²) < 4.78 is 5.19. The number of rotatable bonds is 6. The molecule has 1 aliphatic carbocycles. The van der Waals surface area contributed by atoms with Gasteiger partial charge in [0.25, 0.3) is 5.91 Å². The van der Waals surface area contributed by atoms with Crippen LogP contribution in [0.1, 0.15) is 35.6 Å². The monoisotopic (exact) mass is 411 g/mol. The highest BCUT2D eigenvalue weighted by molar-refractivity contribution is 7.99. The van der Waals surface area contributed by atoms with Crippen molar-refractivity contribution in [1.29, 1.82) is 5.26 Å². The molecule has 0 fully saturated rings. The number of aryl methyl sites for hydroxylation is 3. The van der Waals surface area contributed by atoms with E-state index < -0.39 is 18.0 Å². The number of amides is 1. The van der Waals surface area contributed by atoms with Gasteiger partial charge in [0.1, 0.15) is 6.07 Å². The fourth-order valence-corrected chi connectivity index (χ4v) is 4.07. The molecular formula is C21H21N3O4S. The molecule has 1 aliphatic rings. The average molecular weight is 411 g/mol. The minimum Gasteiger partial charge on any atom is -0.452 e. The summed E-state index contributed by atoms with van der Waals surface area (Å²) in [5, 5.41) is 12.3. The number of benzene rings is 1. The number of aromatic amines is 1. The van der Waals surface area contributed by atoms with E-state index in [2.05, 4.69) is 10.3 Å². The third kappa shape index (κ3) is 5.06.